The van der Waals surface area contributed by atoms with Gasteiger partial charge in [0.05, 0.1) is 20.3 Å². The summed E-state index contributed by atoms with van der Waals surface area (Å²) >= 11 is 0. The van der Waals surface area contributed by atoms with Crippen molar-refractivity contribution < 1.29 is 14.3 Å². The fourth-order valence-corrected chi connectivity index (χ4v) is 3.05. The molecule has 0 radical (unpaired) electrons. The second kappa shape index (κ2) is 6.73. The Morgan fingerprint density at radius 2 is 1.78 bits per heavy atom. The molecule has 0 spiro atoms. The van der Waals surface area contributed by atoms with E-state index in [1.807, 2.05) is 27.9 Å². The van der Waals surface area contributed by atoms with Crippen molar-refractivity contribution in [1.29, 1.82) is 0 Å². The number of hydrogen-bond donors (Lipinski definition) is 0. The van der Waals surface area contributed by atoms with Crippen molar-refractivity contribution in [3.05, 3.63) is 42.2 Å². The molecule has 1 aliphatic rings. The van der Waals surface area contributed by atoms with Gasteiger partial charge in [0, 0.05) is 25.5 Å². The van der Waals surface area contributed by atoms with Crippen LogP contribution in [0.3, 0.4) is 0 Å². The second-order valence-corrected chi connectivity index (χ2v) is 5.55. The summed E-state index contributed by atoms with van der Waals surface area (Å²) in [5.41, 5.74) is 0.495. The van der Waals surface area contributed by atoms with Crippen molar-refractivity contribution in [3.8, 4) is 11.5 Å². The first-order chi connectivity index (χ1) is 11.2. The van der Waals surface area contributed by atoms with Gasteiger partial charge in [-0.25, -0.2) is 0 Å². The third-order valence-corrected chi connectivity index (χ3v) is 4.29. The van der Waals surface area contributed by atoms with E-state index in [0.717, 1.165) is 12.8 Å². The van der Waals surface area contributed by atoms with Crippen molar-refractivity contribution in [2.75, 3.05) is 27.3 Å². The number of carbonyl (C=O) groups excluding carboxylic acids is 1. The summed E-state index contributed by atoms with van der Waals surface area (Å²) in [4.78, 5) is 14.8. The minimum absolute atomic E-state index is 0.0433. The molecule has 2 aromatic rings. The van der Waals surface area contributed by atoms with Crippen molar-refractivity contribution >= 4 is 5.91 Å². The summed E-state index contributed by atoms with van der Waals surface area (Å²) in [7, 11) is 3.13. The van der Waals surface area contributed by atoms with Gasteiger partial charge in [-0.1, -0.05) is 6.07 Å². The predicted molar refractivity (Wildman–Crippen MR) is 85.9 cm³/mol. The van der Waals surface area contributed by atoms with Gasteiger partial charge in [0.2, 0.25) is 0 Å². The Balaban J connectivity index is 1.75. The maximum absolute atomic E-state index is 12.9. The topological polar surface area (TPSA) is 56.6 Å². The molecule has 1 aromatic carbocycles. The van der Waals surface area contributed by atoms with Crippen LogP contribution in [0.25, 0.3) is 0 Å². The molecule has 1 fully saturated rings. The van der Waals surface area contributed by atoms with Gasteiger partial charge >= 0.3 is 0 Å². The molecule has 0 aliphatic carbocycles. The van der Waals surface area contributed by atoms with Crippen LogP contribution in [0.15, 0.2) is 36.7 Å². The van der Waals surface area contributed by atoms with Gasteiger partial charge < -0.3 is 14.4 Å². The molecule has 2 heterocycles. The number of carbonyl (C=O) groups is 1. The lowest BCUT2D eigenvalue weighted by Crippen LogP contribution is -2.39. The first-order valence-corrected chi connectivity index (χ1v) is 7.74. The van der Waals surface area contributed by atoms with E-state index in [4.69, 9.17) is 9.47 Å². The maximum Gasteiger partial charge on any atom is 0.261 e. The van der Waals surface area contributed by atoms with Gasteiger partial charge in [0.1, 0.15) is 17.1 Å². The van der Waals surface area contributed by atoms with E-state index < -0.39 is 0 Å². The van der Waals surface area contributed by atoms with Gasteiger partial charge in [0.25, 0.3) is 5.91 Å². The van der Waals surface area contributed by atoms with E-state index in [9.17, 15) is 4.79 Å². The molecule has 1 amide bonds. The summed E-state index contributed by atoms with van der Waals surface area (Å²) in [6, 6.07) is 7.67. The molecule has 3 rings (SSSR count). The molecule has 1 saturated heterocycles. The average Bonchev–Trinajstić information content (AvgIpc) is 3.15. The van der Waals surface area contributed by atoms with E-state index >= 15 is 0 Å². The molecule has 0 N–H and O–H groups in total. The molecule has 0 unspecified atom stereocenters. The summed E-state index contributed by atoms with van der Waals surface area (Å²) in [6.45, 7) is 1.40. The lowest BCUT2D eigenvalue weighted by atomic mass is 10.0. The van der Waals surface area contributed by atoms with Crippen LogP contribution in [0, 0.1) is 0 Å². The molecule has 0 atom stereocenters. The van der Waals surface area contributed by atoms with Crippen molar-refractivity contribution in [1.82, 2.24) is 14.7 Å². The number of likely N-dealkylation sites (tertiary alicyclic amines) is 1. The molecule has 0 saturated carbocycles. The lowest BCUT2D eigenvalue weighted by molar-refractivity contribution is 0.0683. The quantitative estimate of drug-likeness (QED) is 0.869. The van der Waals surface area contributed by atoms with Crippen LogP contribution in [0.4, 0.5) is 0 Å². The largest absolute Gasteiger partial charge is 0.496 e. The van der Waals surface area contributed by atoms with Gasteiger partial charge in [0.15, 0.2) is 0 Å². The summed E-state index contributed by atoms with van der Waals surface area (Å²) in [5, 5.41) is 4.30. The molecular formula is C17H21N3O3. The Morgan fingerprint density at radius 3 is 2.30 bits per heavy atom. The highest BCUT2D eigenvalue weighted by atomic mass is 16.5. The Kier molecular flexibility index (Phi) is 4.50. The minimum atomic E-state index is -0.0433. The van der Waals surface area contributed by atoms with E-state index in [0.29, 0.717) is 36.2 Å². The number of benzene rings is 1. The number of hydrogen-bond acceptors (Lipinski definition) is 4. The van der Waals surface area contributed by atoms with Gasteiger partial charge in [-0.05, 0) is 31.0 Å². The number of aromatic nitrogens is 2. The van der Waals surface area contributed by atoms with Crippen LogP contribution in [-0.2, 0) is 0 Å². The fourth-order valence-electron chi connectivity index (χ4n) is 3.05. The van der Waals surface area contributed by atoms with Gasteiger partial charge in [-0.3, -0.25) is 9.48 Å². The molecule has 1 aliphatic heterocycles. The summed E-state index contributed by atoms with van der Waals surface area (Å²) < 4.78 is 12.7. The normalized spacial score (nSPS) is 15.5. The maximum atomic E-state index is 12.9. The Hall–Kier alpha value is -2.50. The molecule has 1 aromatic heterocycles. The van der Waals surface area contributed by atoms with Gasteiger partial charge in [-0.2, -0.15) is 5.10 Å². The number of rotatable bonds is 4. The first kappa shape index (κ1) is 15.4. The molecule has 23 heavy (non-hydrogen) atoms. The molecule has 6 nitrogen and oxygen atoms in total. The predicted octanol–water partition coefficient (Wildman–Crippen LogP) is 2.38. The zero-order chi connectivity index (χ0) is 16.2. The number of amides is 1. The Bertz CT molecular complexity index is 639. The number of ether oxygens (including phenoxy) is 2. The van der Waals surface area contributed by atoms with Crippen molar-refractivity contribution in [3.63, 3.8) is 0 Å². The highest BCUT2D eigenvalue weighted by Gasteiger charge is 2.28. The van der Waals surface area contributed by atoms with Crippen molar-refractivity contribution in [2.24, 2.45) is 0 Å². The van der Waals surface area contributed by atoms with E-state index in [1.54, 1.807) is 32.5 Å². The SMILES string of the molecule is COc1cccc(OC)c1C(=O)N1CCC(n2cccn2)CC1. The third kappa shape index (κ3) is 3.02. The van der Waals surface area contributed by atoms with Crippen LogP contribution in [0.2, 0.25) is 0 Å². The minimum Gasteiger partial charge on any atom is -0.496 e. The van der Waals surface area contributed by atoms with E-state index in [2.05, 4.69) is 5.10 Å². The second-order valence-electron chi connectivity index (χ2n) is 5.55. The highest BCUT2D eigenvalue weighted by Crippen LogP contribution is 2.31. The van der Waals surface area contributed by atoms with E-state index in [1.165, 1.54) is 0 Å². The monoisotopic (exact) mass is 315 g/mol. The van der Waals surface area contributed by atoms with Crippen LogP contribution >= 0.6 is 0 Å². The van der Waals surface area contributed by atoms with E-state index in [-0.39, 0.29) is 5.91 Å². The smallest absolute Gasteiger partial charge is 0.261 e. The zero-order valence-corrected chi connectivity index (χ0v) is 13.4. The zero-order valence-electron chi connectivity index (χ0n) is 13.4. The molecular weight excluding hydrogens is 294 g/mol. The Labute approximate surface area is 135 Å². The van der Waals surface area contributed by atoms with Crippen LogP contribution < -0.4 is 9.47 Å². The number of nitrogens with zero attached hydrogens (tertiary/aromatic N) is 3. The number of piperidine rings is 1. The Morgan fingerprint density at radius 1 is 1.13 bits per heavy atom. The highest BCUT2D eigenvalue weighted by molar-refractivity contribution is 5.99. The van der Waals surface area contributed by atoms with Crippen LogP contribution in [-0.4, -0.2) is 47.9 Å². The summed E-state index contributed by atoms with van der Waals surface area (Å²) in [6.07, 6.45) is 5.55. The number of methoxy groups -OCH3 is 2. The van der Waals surface area contributed by atoms with Crippen molar-refractivity contribution in [2.45, 2.75) is 18.9 Å². The first-order valence-electron chi connectivity index (χ1n) is 7.74. The van der Waals surface area contributed by atoms with Crippen LogP contribution in [0.5, 0.6) is 11.5 Å². The van der Waals surface area contributed by atoms with Crippen LogP contribution in [0.1, 0.15) is 29.2 Å². The lowest BCUT2D eigenvalue weighted by Gasteiger charge is -2.32. The average molecular weight is 315 g/mol. The fraction of sp³-hybridized carbons (Fsp3) is 0.412. The third-order valence-electron chi connectivity index (χ3n) is 4.29. The molecule has 6 heteroatoms. The standard InChI is InChI=1S/C17H21N3O3/c1-22-14-5-3-6-15(23-2)16(14)17(21)19-11-7-13(8-12-19)20-10-4-9-18-20/h3-6,9-10,13H,7-8,11-12H2,1-2H3. The molecule has 0 bridgehead atoms. The summed E-state index contributed by atoms with van der Waals surface area (Å²) in [5.74, 6) is 1.05. The van der Waals surface area contributed by atoms with Gasteiger partial charge in [-0.15, -0.1) is 0 Å². The molecule has 122 valence electrons.